The molecule has 0 atom stereocenters. The Morgan fingerprint density at radius 1 is 0.973 bits per heavy atom. The number of thioether (sulfide) groups is 1. The third-order valence-electron chi connectivity index (χ3n) is 6.01. The van der Waals surface area contributed by atoms with Crippen LogP contribution in [0, 0.1) is 10.1 Å². The number of nitro groups is 1. The SMILES string of the molecule is CCN(CC)c1ccc(/C=C2\SC(=O)N(Cc3ccc([N+](=O)[O-])cc3)C2=O)c(OCc2ccccc2)c1. The van der Waals surface area contributed by atoms with Crippen molar-refractivity contribution in [2.75, 3.05) is 18.0 Å². The highest BCUT2D eigenvalue weighted by molar-refractivity contribution is 8.18. The molecule has 0 aliphatic carbocycles. The number of hydrogen-bond donors (Lipinski definition) is 0. The first-order valence-electron chi connectivity index (χ1n) is 11.9. The van der Waals surface area contributed by atoms with Crippen LogP contribution >= 0.6 is 11.8 Å². The molecule has 1 fully saturated rings. The van der Waals surface area contributed by atoms with E-state index in [0.29, 0.717) is 28.4 Å². The second-order valence-corrected chi connectivity index (χ2v) is 9.35. The van der Waals surface area contributed by atoms with E-state index < -0.39 is 10.8 Å². The van der Waals surface area contributed by atoms with Crippen LogP contribution in [0.3, 0.4) is 0 Å². The molecule has 1 heterocycles. The molecule has 0 aromatic heterocycles. The molecule has 4 rings (SSSR count). The van der Waals surface area contributed by atoms with E-state index in [0.717, 1.165) is 41.0 Å². The van der Waals surface area contributed by atoms with Crippen molar-refractivity contribution in [3.8, 4) is 5.75 Å². The largest absolute Gasteiger partial charge is 0.488 e. The normalized spacial score (nSPS) is 14.3. The van der Waals surface area contributed by atoms with Gasteiger partial charge in [-0.3, -0.25) is 24.6 Å². The van der Waals surface area contributed by atoms with E-state index in [1.807, 2.05) is 48.5 Å². The molecule has 2 amide bonds. The van der Waals surface area contributed by atoms with Crippen LogP contribution < -0.4 is 9.64 Å². The zero-order valence-electron chi connectivity index (χ0n) is 20.6. The minimum atomic E-state index is -0.490. The number of carbonyl (C=O) groups excluding carboxylic acids is 2. The Balaban J connectivity index is 1.58. The van der Waals surface area contributed by atoms with Crippen molar-refractivity contribution in [1.29, 1.82) is 0 Å². The number of rotatable bonds is 10. The van der Waals surface area contributed by atoms with Crippen LogP contribution in [0.2, 0.25) is 0 Å². The molecule has 0 bridgehead atoms. The molecule has 37 heavy (non-hydrogen) atoms. The fourth-order valence-electron chi connectivity index (χ4n) is 3.97. The Kier molecular flexibility index (Phi) is 8.25. The molecule has 0 N–H and O–H groups in total. The van der Waals surface area contributed by atoms with Crippen LogP contribution in [0.15, 0.2) is 77.7 Å². The fraction of sp³-hybridized carbons (Fsp3) is 0.214. The first kappa shape index (κ1) is 26.0. The predicted octanol–water partition coefficient (Wildman–Crippen LogP) is 6.26. The van der Waals surface area contributed by atoms with Gasteiger partial charge in [0.25, 0.3) is 16.8 Å². The lowest BCUT2D eigenvalue weighted by Gasteiger charge is -2.22. The van der Waals surface area contributed by atoms with Crippen LogP contribution in [0.4, 0.5) is 16.2 Å². The van der Waals surface area contributed by atoms with Crippen LogP contribution in [-0.2, 0) is 17.9 Å². The summed E-state index contributed by atoms with van der Waals surface area (Å²) in [5.74, 6) is 0.214. The molecule has 190 valence electrons. The smallest absolute Gasteiger partial charge is 0.293 e. The number of nitro benzene ring substituents is 1. The molecule has 8 nitrogen and oxygen atoms in total. The van der Waals surface area contributed by atoms with Gasteiger partial charge >= 0.3 is 0 Å². The van der Waals surface area contributed by atoms with Gasteiger partial charge in [-0.1, -0.05) is 42.5 Å². The minimum absolute atomic E-state index is 0.0399. The van der Waals surface area contributed by atoms with Gasteiger partial charge in [-0.05, 0) is 54.9 Å². The molecule has 9 heteroatoms. The summed E-state index contributed by atoms with van der Waals surface area (Å²) in [5, 5.41) is 10.5. The van der Waals surface area contributed by atoms with E-state index in [9.17, 15) is 19.7 Å². The molecule has 3 aromatic carbocycles. The number of carbonyl (C=O) groups is 2. The topological polar surface area (TPSA) is 93.0 Å². The molecule has 1 aliphatic heterocycles. The Labute approximate surface area is 219 Å². The van der Waals surface area contributed by atoms with Gasteiger partial charge in [0.2, 0.25) is 0 Å². The summed E-state index contributed by atoms with van der Waals surface area (Å²) in [6.07, 6.45) is 1.69. The molecule has 3 aromatic rings. The standard InChI is InChI=1S/C28H27N3O5S/c1-3-29(4-2)24-15-12-22(25(17-24)36-19-21-8-6-5-7-9-21)16-26-27(32)30(28(33)37-26)18-20-10-13-23(14-11-20)31(34)35/h5-17H,3-4,18-19H2,1-2H3/b26-16-. The average Bonchev–Trinajstić information content (AvgIpc) is 3.17. The van der Waals surface area contributed by atoms with E-state index in [1.165, 1.54) is 12.1 Å². The molecule has 0 radical (unpaired) electrons. The Morgan fingerprint density at radius 2 is 1.68 bits per heavy atom. The maximum atomic E-state index is 13.1. The molecule has 0 spiro atoms. The van der Waals surface area contributed by atoms with Crippen molar-refractivity contribution in [1.82, 2.24) is 4.90 Å². The first-order valence-corrected chi connectivity index (χ1v) is 12.8. The summed E-state index contributed by atoms with van der Waals surface area (Å²) in [6, 6.07) is 21.5. The van der Waals surface area contributed by atoms with E-state index in [4.69, 9.17) is 4.74 Å². The minimum Gasteiger partial charge on any atom is -0.488 e. The number of ether oxygens (including phenoxy) is 1. The van der Waals surface area contributed by atoms with Crippen molar-refractivity contribution in [2.45, 2.75) is 27.0 Å². The van der Waals surface area contributed by atoms with Gasteiger partial charge in [0, 0.05) is 42.5 Å². The van der Waals surface area contributed by atoms with Gasteiger partial charge in [-0.2, -0.15) is 0 Å². The number of anilines is 1. The summed E-state index contributed by atoms with van der Waals surface area (Å²) < 4.78 is 6.18. The van der Waals surface area contributed by atoms with Crippen LogP contribution in [-0.4, -0.2) is 34.1 Å². The second-order valence-electron chi connectivity index (χ2n) is 8.36. The fourth-order valence-corrected chi connectivity index (χ4v) is 4.80. The molecule has 0 saturated carbocycles. The van der Waals surface area contributed by atoms with Crippen molar-refractivity contribution in [3.05, 3.63) is 105 Å². The number of amides is 2. The van der Waals surface area contributed by atoms with Gasteiger partial charge < -0.3 is 9.64 Å². The number of imide groups is 1. The Morgan fingerprint density at radius 3 is 2.32 bits per heavy atom. The highest BCUT2D eigenvalue weighted by Crippen LogP contribution is 2.36. The third-order valence-corrected chi connectivity index (χ3v) is 6.92. The zero-order valence-corrected chi connectivity index (χ0v) is 21.4. The number of hydrogen-bond acceptors (Lipinski definition) is 7. The Bertz CT molecular complexity index is 1320. The third kappa shape index (κ3) is 6.18. The van der Waals surface area contributed by atoms with E-state index in [-0.39, 0.29) is 17.5 Å². The van der Waals surface area contributed by atoms with Crippen molar-refractivity contribution in [3.63, 3.8) is 0 Å². The van der Waals surface area contributed by atoms with Crippen molar-refractivity contribution in [2.24, 2.45) is 0 Å². The number of benzene rings is 3. The van der Waals surface area contributed by atoms with Gasteiger partial charge in [-0.25, -0.2) is 0 Å². The van der Waals surface area contributed by atoms with Gasteiger partial charge in [-0.15, -0.1) is 0 Å². The van der Waals surface area contributed by atoms with Crippen molar-refractivity contribution < 1.29 is 19.2 Å². The maximum absolute atomic E-state index is 13.1. The zero-order chi connectivity index (χ0) is 26.4. The summed E-state index contributed by atoms with van der Waals surface area (Å²) in [7, 11) is 0. The molecule has 0 unspecified atom stereocenters. The highest BCUT2D eigenvalue weighted by Gasteiger charge is 2.35. The van der Waals surface area contributed by atoms with Crippen LogP contribution in [0.1, 0.15) is 30.5 Å². The molecule has 1 aliphatic rings. The summed E-state index contributed by atoms with van der Waals surface area (Å²) >= 11 is 0.871. The van der Waals surface area contributed by atoms with Crippen molar-refractivity contribution >= 4 is 40.4 Å². The molecule has 1 saturated heterocycles. The summed E-state index contributed by atoms with van der Waals surface area (Å²) in [4.78, 5) is 39.8. The first-order chi connectivity index (χ1) is 17.9. The van der Waals surface area contributed by atoms with Gasteiger partial charge in [0.1, 0.15) is 12.4 Å². The highest BCUT2D eigenvalue weighted by atomic mass is 32.2. The van der Waals surface area contributed by atoms with E-state index >= 15 is 0 Å². The monoisotopic (exact) mass is 517 g/mol. The lowest BCUT2D eigenvalue weighted by Crippen LogP contribution is -2.27. The summed E-state index contributed by atoms with van der Waals surface area (Å²) in [5.41, 5.74) is 3.31. The Hall–Kier alpha value is -4.11. The summed E-state index contributed by atoms with van der Waals surface area (Å²) in [6.45, 7) is 6.26. The average molecular weight is 518 g/mol. The molecular formula is C28H27N3O5S. The number of non-ortho nitro benzene ring substituents is 1. The lowest BCUT2D eigenvalue weighted by molar-refractivity contribution is -0.384. The van der Waals surface area contributed by atoms with E-state index in [2.05, 4.69) is 18.7 Å². The quantitative estimate of drug-likeness (QED) is 0.178. The molecular weight excluding hydrogens is 490 g/mol. The van der Waals surface area contributed by atoms with Gasteiger partial charge in [0.15, 0.2) is 0 Å². The predicted molar refractivity (Wildman–Crippen MR) is 145 cm³/mol. The maximum Gasteiger partial charge on any atom is 0.293 e. The lowest BCUT2D eigenvalue weighted by atomic mass is 10.1. The van der Waals surface area contributed by atoms with Crippen LogP contribution in [0.25, 0.3) is 6.08 Å². The number of nitrogens with zero attached hydrogens (tertiary/aromatic N) is 3. The van der Waals surface area contributed by atoms with Crippen LogP contribution in [0.5, 0.6) is 5.75 Å². The van der Waals surface area contributed by atoms with E-state index in [1.54, 1.807) is 18.2 Å². The van der Waals surface area contributed by atoms with Gasteiger partial charge in [0.05, 0.1) is 16.4 Å². The second kappa shape index (κ2) is 11.7.